The van der Waals surface area contributed by atoms with Crippen LogP contribution < -0.4 is 5.32 Å². The van der Waals surface area contributed by atoms with E-state index in [1.807, 2.05) is 68.4 Å². The average Bonchev–Trinajstić information content (AvgIpc) is 2.53. The molecule has 2 aromatic rings. The topological polar surface area (TPSA) is 49.3 Å². The van der Waals surface area contributed by atoms with E-state index >= 15 is 0 Å². The van der Waals surface area contributed by atoms with Crippen LogP contribution in [0.25, 0.3) is 0 Å². The number of amides is 1. The Bertz CT molecular complexity index is 606. The Morgan fingerprint density at radius 3 is 2.19 bits per heavy atom. The summed E-state index contributed by atoms with van der Waals surface area (Å²) in [4.78, 5) is 12.5. The Hall–Kier alpha value is -2.13. The lowest BCUT2D eigenvalue weighted by Gasteiger charge is -2.24. The number of nitrogens with one attached hydrogen (secondary N) is 1. The molecule has 2 N–H and O–H groups in total. The first-order chi connectivity index (χ1) is 10.1. The molecule has 21 heavy (non-hydrogen) atoms. The summed E-state index contributed by atoms with van der Waals surface area (Å²) in [7, 11) is 0. The van der Waals surface area contributed by atoms with Crippen molar-refractivity contribution in [2.24, 2.45) is 0 Å². The lowest BCUT2D eigenvalue weighted by molar-refractivity contribution is -0.125. The van der Waals surface area contributed by atoms with Gasteiger partial charge in [-0.2, -0.15) is 0 Å². The lowest BCUT2D eigenvalue weighted by atomic mass is 9.83. The van der Waals surface area contributed by atoms with E-state index in [4.69, 9.17) is 0 Å². The van der Waals surface area contributed by atoms with Gasteiger partial charge in [-0.1, -0.05) is 54.6 Å². The highest BCUT2D eigenvalue weighted by Gasteiger charge is 2.29. The zero-order valence-corrected chi connectivity index (χ0v) is 12.5. The molecule has 2 aromatic carbocycles. The highest BCUT2D eigenvalue weighted by Crippen LogP contribution is 2.23. The van der Waals surface area contributed by atoms with Crippen LogP contribution >= 0.6 is 0 Å². The first-order valence-corrected chi connectivity index (χ1v) is 7.07. The van der Waals surface area contributed by atoms with Gasteiger partial charge in [0.2, 0.25) is 5.91 Å². The molecule has 0 aliphatic heterocycles. The van der Waals surface area contributed by atoms with Crippen LogP contribution in [0.15, 0.2) is 54.6 Å². The minimum Gasteiger partial charge on any atom is -0.392 e. The summed E-state index contributed by atoms with van der Waals surface area (Å²) in [5.74, 6) is -0.0264. The van der Waals surface area contributed by atoms with Crippen molar-refractivity contribution in [2.45, 2.75) is 32.4 Å². The van der Waals surface area contributed by atoms with Crippen LogP contribution in [0.2, 0.25) is 0 Å². The zero-order valence-electron chi connectivity index (χ0n) is 12.5. The Kier molecular flexibility index (Phi) is 4.76. The maximum absolute atomic E-state index is 12.5. The van der Waals surface area contributed by atoms with Crippen molar-refractivity contribution in [3.05, 3.63) is 71.3 Å². The number of benzene rings is 2. The van der Waals surface area contributed by atoms with Crippen LogP contribution in [0.3, 0.4) is 0 Å². The summed E-state index contributed by atoms with van der Waals surface area (Å²) in [6.45, 7) is 4.23. The number of hydrogen-bond donors (Lipinski definition) is 2. The fourth-order valence-electron chi connectivity index (χ4n) is 2.27. The van der Waals surface area contributed by atoms with Gasteiger partial charge in [0, 0.05) is 6.54 Å². The van der Waals surface area contributed by atoms with E-state index in [0.29, 0.717) is 6.54 Å². The van der Waals surface area contributed by atoms with E-state index in [1.54, 1.807) is 0 Å². The van der Waals surface area contributed by atoms with E-state index in [2.05, 4.69) is 5.32 Å². The number of aliphatic hydroxyl groups is 1. The van der Waals surface area contributed by atoms with Crippen LogP contribution in [0.1, 0.15) is 30.5 Å². The van der Waals surface area contributed by atoms with Gasteiger partial charge in [0.15, 0.2) is 0 Å². The summed E-state index contributed by atoms with van der Waals surface area (Å²) in [6, 6.07) is 17.3. The lowest BCUT2D eigenvalue weighted by Crippen LogP contribution is -2.39. The third kappa shape index (κ3) is 3.50. The van der Waals surface area contributed by atoms with Gasteiger partial charge in [-0.3, -0.25) is 4.79 Å². The van der Waals surface area contributed by atoms with Crippen LogP contribution in [0.4, 0.5) is 0 Å². The van der Waals surface area contributed by atoms with Crippen molar-refractivity contribution < 1.29 is 9.90 Å². The van der Waals surface area contributed by atoms with Crippen molar-refractivity contribution in [3.63, 3.8) is 0 Å². The second-order valence-corrected chi connectivity index (χ2v) is 5.60. The minimum atomic E-state index is -0.588. The Balaban J connectivity index is 2.08. The quantitative estimate of drug-likeness (QED) is 0.886. The Labute approximate surface area is 125 Å². The van der Waals surface area contributed by atoms with Gasteiger partial charge < -0.3 is 10.4 Å². The summed E-state index contributed by atoms with van der Waals surface area (Å²) < 4.78 is 0. The predicted octanol–water partition coefficient (Wildman–Crippen LogP) is 2.77. The fourth-order valence-corrected chi connectivity index (χ4v) is 2.27. The third-order valence-electron chi connectivity index (χ3n) is 3.79. The third-order valence-corrected chi connectivity index (χ3v) is 3.79. The molecule has 0 atom stereocenters. The standard InChI is InChI=1S/C18H21NO2/c1-18(2,16-10-4-3-5-11-16)17(21)19-12-14-8-6-7-9-15(14)13-20/h3-11,20H,12-13H2,1-2H3,(H,19,21). The molecule has 2 rings (SSSR count). The second kappa shape index (κ2) is 6.55. The number of hydrogen-bond acceptors (Lipinski definition) is 2. The SMILES string of the molecule is CC(C)(C(=O)NCc1ccccc1CO)c1ccccc1. The summed E-state index contributed by atoms with van der Waals surface area (Å²) >= 11 is 0. The average molecular weight is 283 g/mol. The monoisotopic (exact) mass is 283 g/mol. The van der Waals surface area contributed by atoms with E-state index in [9.17, 15) is 9.90 Å². The molecule has 1 amide bonds. The van der Waals surface area contributed by atoms with Crippen LogP contribution in [0, 0.1) is 0 Å². The minimum absolute atomic E-state index is 0.0197. The molecule has 0 aromatic heterocycles. The van der Waals surface area contributed by atoms with Gasteiger partial charge >= 0.3 is 0 Å². The zero-order chi connectivity index (χ0) is 15.3. The molecule has 0 radical (unpaired) electrons. The van der Waals surface area contributed by atoms with Gasteiger partial charge in [0.05, 0.1) is 12.0 Å². The van der Waals surface area contributed by atoms with Crippen LogP contribution in [0.5, 0.6) is 0 Å². The molecule has 3 nitrogen and oxygen atoms in total. The van der Waals surface area contributed by atoms with Gasteiger partial charge in [-0.05, 0) is 30.5 Å². The van der Waals surface area contributed by atoms with E-state index < -0.39 is 5.41 Å². The molecule has 3 heteroatoms. The Morgan fingerprint density at radius 1 is 1.00 bits per heavy atom. The predicted molar refractivity (Wildman–Crippen MR) is 83.7 cm³/mol. The maximum atomic E-state index is 12.5. The summed E-state index contributed by atoms with van der Waals surface area (Å²) in [5.41, 5.74) is 2.18. The van der Waals surface area contributed by atoms with Gasteiger partial charge in [-0.15, -0.1) is 0 Å². The number of carbonyl (C=O) groups excluding carboxylic acids is 1. The summed E-state index contributed by atoms with van der Waals surface area (Å²) in [5, 5.41) is 12.3. The van der Waals surface area contributed by atoms with Crippen molar-refractivity contribution in [2.75, 3.05) is 0 Å². The van der Waals surface area contributed by atoms with E-state index in [1.165, 1.54) is 0 Å². The smallest absolute Gasteiger partial charge is 0.230 e. The first kappa shape index (κ1) is 15.3. The van der Waals surface area contributed by atoms with Crippen molar-refractivity contribution in [1.29, 1.82) is 0 Å². The van der Waals surface area contributed by atoms with Crippen LogP contribution in [-0.4, -0.2) is 11.0 Å². The first-order valence-electron chi connectivity index (χ1n) is 7.07. The molecule has 0 saturated carbocycles. The molecule has 110 valence electrons. The molecule has 0 saturated heterocycles. The van der Waals surface area contributed by atoms with Crippen molar-refractivity contribution >= 4 is 5.91 Å². The number of aliphatic hydroxyl groups excluding tert-OH is 1. The Morgan fingerprint density at radius 2 is 1.57 bits per heavy atom. The molecule has 0 aliphatic carbocycles. The van der Waals surface area contributed by atoms with E-state index in [-0.39, 0.29) is 12.5 Å². The number of rotatable bonds is 5. The van der Waals surface area contributed by atoms with Crippen molar-refractivity contribution in [3.8, 4) is 0 Å². The summed E-state index contributed by atoms with van der Waals surface area (Å²) in [6.07, 6.45) is 0. The molecule has 0 unspecified atom stereocenters. The molecule has 0 fully saturated rings. The van der Waals surface area contributed by atoms with E-state index in [0.717, 1.165) is 16.7 Å². The molecule has 0 aliphatic rings. The molecule has 0 spiro atoms. The normalized spacial score (nSPS) is 11.2. The molecule has 0 heterocycles. The highest BCUT2D eigenvalue weighted by molar-refractivity contribution is 5.87. The fraction of sp³-hybridized carbons (Fsp3) is 0.278. The molecular weight excluding hydrogens is 262 g/mol. The van der Waals surface area contributed by atoms with Crippen molar-refractivity contribution in [1.82, 2.24) is 5.32 Å². The number of carbonyl (C=O) groups is 1. The maximum Gasteiger partial charge on any atom is 0.230 e. The van der Waals surface area contributed by atoms with Gasteiger partial charge in [0.25, 0.3) is 0 Å². The molecular formula is C18H21NO2. The van der Waals surface area contributed by atoms with Crippen LogP contribution in [-0.2, 0) is 23.4 Å². The molecule has 0 bridgehead atoms. The highest BCUT2D eigenvalue weighted by atomic mass is 16.3. The second-order valence-electron chi connectivity index (χ2n) is 5.60. The van der Waals surface area contributed by atoms with Gasteiger partial charge in [0.1, 0.15) is 0 Å². The largest absolute Gasteiger partial charge is 0.392 e. The van der Waals surface area contributed by atoms with Gasteiger partial charge in [-0.25, -0.2) is 0 Å².